The minimum atomic E-state index is -7.87. The van der Waals surface area contributed by atoms with E-state index in [1.807, 2.05) is 0 Å². The van der Waals surface area contributed by atoms with Crippen LogP contribution in [0.3, 0.4) is 0 Å². The first kappa shape index (κ1) is 28.3. The van der Waals surface area contributed by atoms with Crippen LogP contribution in [0.2, 0.25) is 0 Å². The van der Waals surface area contributed by atoms with Crippen molar-refractivity contribution in [2.24, 2.45) is 0 Å². The van der Waals surface area contributed by atoms with Gasteiger partial charge in [-0.1, -0.05) is 19.4 Å². The Morgan fingerprint density at radius 2 is 1.10 bits per heavy atom. The van der Waals surface area contributed by atoms with Gasteiger partial charge in [-0.3, -0.25) is 0 Å². The number of esters is 1. The normalized spacial score (nSPS) is 14.6. The number of carbonyl (C=O) groups is 1. The summed E-state index contributed by atoms with van der Waals surface area (Å²) in [5, 5.41) is 0. The predicted molar refractivity (Wildman–Crippen MR) is 75.0 cm³/mol. The lowest BCUT2D eigenvalue weighted by Crippen LogP contribution is -2.70. The minimum absolute atomic E-state index is 0.00752. The van der Waals surface area contributed by atoms with E-state index in [0.29, 0.717) is 0 Å². The van der Waals surface area contributed by atoms with Crippen LogP contribution in [-0.4, -0.2) is 48.4 Å². The molecule has 0 aromatic rings. The highest BCUT2D eigenvalue weighted by Gasteiger charge is 2.90. The summed E-state index contributed by atoms with van der Waals surface area (Å²) in [6, 6.07) is 0. The lowest BCUT2D eigenvalue weighted by Gasteiger charge is -2.39. The summed E-state index contributed by atoms with van der Waals surface area (Å²) in [6.07, 6.45) is -10.3. The molecule has 0 amide bonds. The summed E-state index contributed by atoms with van der Waals surface area (Å²) in [6.45, 7) is 2.81. The minimum Gasteiger partial charge on any atom is -0.463 e. The Labute approximate surface area is 161 Å². The molecule has 0 aliphatic rings. The molecule has 0 saturated heterocycles. The van der Waals surface area contributed by atoms with Gasteiger partial charge in [-0.05, 0) is 12.8 Å². The molecule has 30 heavy (non-hydrogen) atoms. The van der Waals surface area contributed by atoms with Gasteiger partial charge in [0.1, 0.15) is 0 Å². The molecule has 15 heteroatoms. The molecule has 0 radical (unpaired) electrons. The summed E-state index contributed by atoms with van der Waals surface area (Å²) >= 11 is 0. The number of halogens is 13. The SMILES string of the molecule is C=CC(=O)OCCCCCCC(F)(F)C(F)(F)C(F)(F)C(F)(F)C(F)(F)C(F)(F)F. The average molecular weight is 474 g/mol. The molecule has 0 aromatic carbocycles. The maximum absolute atomic E-state index is 13.5. The summed E-state index contributed by atoms with van der Waals surface area (Å²) < 4.78 is 172. The molecular formula is C15H15F13O2. The number of carbonyl (C=O) groups excluding carboxylic acids is 1. The Bertz CT molecular complexity index is 596. The summed E-state index contributed by atoms with van der Waals surface area (Å²) in [5.41, 5.74) is 0. The second-order valence-electron chi connectivity index (χ2n) is 6.04. The Morgan fingerprint density at radius 3 is 1.53 bits per heavy atom. The maximum atomic E-state index is 13.5. The van der Waals surface area contributed by atoms with Crippen LogP contribution in [0.1, 0.15) is 32.1 Å². The van der Waals surface area contributed by atoms with Crippen LogP contribution in [0.15, 0.2) is 12.7 Å². The van der Waals surface area contributed by atoms with Gasteiger partial charge in [0.2, 0.25) is 0 Å². The fourth-order valence-corrected chi connectivity index (χ4v) is 1.99. The van der Waals surface area contributed by atoms with Crippen molar-refractivity contribution in [1.29, 1.82) is 0 Å². The molecule has 0 N–H and O–H groups in total. The molecule has 0 heterocycles. The summed E-state index contributed by atoms with van der Waals surface area (Å²) in [4.78, 5) is 10.7. The maximum Gasteiger partial charge on any atom is 0.460 e. The number of alkyl halides is 13. The molecule has 2 nitrogen and oxygen atoms in total. The number of hydrogen-bond donors (Lipinski definition) is 0. The number of hydrogen-bond acceptors (Lipinski definition) is 2. The van der Waals surface area contributed by atoms with E-state index in [2.05, 4.69) is 11.3 Å². The first-order chi connectivity index (χ1) is 13.2. The monoisotopic (exact) mass is 474 g/mol. The van der Waals surface area contributed by atoms with Crippen molar-refractivity contribution in [2.45, 2.75) is 67.9 Å². The van der Waals surface area contributed by atoms with E-state index in [0.717, 1.165) is 6.08 Å². The van der Waals surface area contributed by atoms with Gasteiger partial charge in [-0.2, -0.15) is 57.1 Å². The van der Waals surface area contributed by atoms with Gasteiger partial charge in [0.05, 0.1) is 6.61 Å². The molecule has 0 atom stereocenters. The lowest BCUT2D eigenvalue weighted by molar-refractivity contribution is -0.440. The van der Waals surface area contributed by atoms with Crippen molar-refractivity contribution >= 4 is 5.97 Å². The Hall–Kier alpha value is -1.70. The van der Waals surface area contributed by atoms with Gasteiger partial charge >= 0.3 is 41.8 Å². The molecule has 0 rings (SSSR count). The van der Waals surface area contributed by atoms with Crippen LogP contribution in [0.25, 0.3) is 0 Å². The fraction of sp³-hybridized carbons (Fsp3) is 0.800. The Balaban J connectivity index is 5.20. The molecule has 178 valence electrons. The fourth-order valence-electron chi connectivity index (χ4n) is 1.99. The molecule has 0 saturated carbocycles. The number of ether oxygens (including phenoxy) is 1. The van der Waals surface area contributed by atoms with Gasteiger partial charge < -0.3 is 4.74 Å². The molecule has 0 unspecified atom stereocenters. The third-order valence-corrected chi connectivity index (χ3v) is 3.79. The highest BCUT2D eigenvalue weighted by molar-refractivity contribution is 5.81. The third-order valence-electron chi connectivity index (χ3n) is 3.79. The van der Waals surface area contributed by atoms with E-state index in [1.165, 1.54) is 0 Å². The van der Waals surface area contributed by atoms with Crippen molar-refractivity contribution < 1.29 is 66.6 Å². The van der Waals surface area contributed by atoms with E-state index in [9.17, 15) is 61.9 Å². The van der Waals surface area contributed by atoms with Gasteiger partial charge in [-0.15, -0.1) is 0 Å². The zero-order chi connectivity index (χ0) is 24.2. The van der Waals surface area contributed by atoms with Crippen molar-refractivity contribution in [1.82, 2.24) is 0 Å². The lowest BCUT2D eigenvalue weighted by atomic mass is 9.91. The van der Waals surface area contributed by atoms with Gasteiger partial charge in [0, 0.05) is 12.5 Å². The average Bonchev–Trinajstić information content (AvgIpc) is 2.58. The Morgan fingerprint density at radius 1 is 0.667 bits per heavy atom. The third kappa shape index (κ3) is 5.31. The first-order valence-electron chi connectivity index (χ1n) is 7.95. The van der Waals surface area contributed by atoms with E-state index >= 15 is 0 Å². The highest BCUT2D eigenvalue weighted by atomic mass is 19.4. The Kier molecular flexibility index (Phi) is 8.68. The number of rotatable bonds is 12. The van der Waals surface area contributed by atoms with Crippen molar-refractivity contribution in [3.05, 3.63) is 12.7 Å². The van der Waals surface area contributed by atoms with Crippen LogP contribution in [0.4, 0.5) is 57.1 Å². The van der Waals surface area contributed by atoms with Crippen LogP contribution < -0.4 is 0 Å². The second-order valence-corrected chi connectivity index (χ2v) is 6.04. The standard InChI is InChI=1S/C15H15F13O2/c1-2-9(29)30-8-6-4-3-5-7-10(16,17)11(18,19)12(20,21)13(22,23)14(24,25)15(26,27)28/h2H,1,3-8H2. The van der Waals surface area contributed by atoms with Crippen molar-refractivity contribution in [3.8, 4) is 0 Å². The van der Waals surface area contributed by atoms with E-state index in [-0.39, 0.29) is 19.4 Å². The molecule has 0 aromatic heterocycles. The van der Waals surface area contributed by atoms with Crippen LogP contribution in [0, 0.1) is 0 Å². The zero-order valence-electron chi connectivity index (χ0n) is 14.8. The smallest absolute Gasteiger partial charge is 0.460 e. The largest absolute Gasteiger partial charge is 0.463 e. The summed E-state index contributed by atoms with van der Waals surface area (Å²) in [5.74, 6) is -37.5. The van der Waals surface area contributed by atoms with Crippen molar-refractivity contribution in [3.63, 3.8) is 0 Å². The quantitative estimate of drug-likeness (QED) is 0.142. The topological polar surface area (TPSA) is 26.3 Å². The molecule has 0 spiro atoms. The molecule has 0 fully saturated rings. The molecule has 0 aliphatic heterocycles. The van der Waals surface area contributed by atoms with Crippen LogP contribution in [0.5, 0.6) is 0 Å². The number of unbranched alkanes of at least 4 members (excludes halogenated alkanes) is 3. The molecular weight excluding hydrogens is 459 g/mol. The van der Waals surface area contributed by atoms with Crippen LogP contribution >= 0.6 is 0 Å². The van der Waals surface area contributed by atoms with E-state index in [1.54, 1.807) is 0 Å². The van der Waals surface area contributed by atoms with E-state index in [4.69, 9.17) is 0 Å². The predicted octanol–water partition coefficient (Wildman–Crippen LogP) is 6.40. The second kappa shape index (κ2) is 9.20. The van der Waals surface area contributed by atoms with Crippen LogP contribution in [-0.2, 0) is 9.53 Å². The van der Waals surface area contributed by atoms with Gasteiger partial charge in [-0.25, -0.2) is 4.79 Å². The molecule has 0 bridgehead atoms. The van der Waals surface area contributed by atoms with E-state index < -0.39 is 61.0 Å². The highest BCUT2D eigenvalue weighted by Crippen LogP contribution is 2.60. The van der Waals surface area contributed by atoms with Gasteiger partial charge in [0.25, 0.3) is 0 Å². The zero-order valence-corrected chi connectivity index (χ0v) is 14.8. The molecule has 0 aliphatic carbocycles. The van der Waals surface area contributed by atoms with Crippen molar-refractivity contribution in [2.75, 3.05) is 6.61 Å². The summed E-state index contributed by atoms with van der Waals surface area (Å²) in [7, 11) is 0. The van der Waals surface area contributed by atoms with Gasteiger partial charge in [0.15, 0.2) is 0 Å². The first-order valence-corrected chi connectivity index (χ1v) is 7.95.